The van der Waals surface area contributed by atoms with E-state index in [0.717, 1.165) is 0 Å². The third-order valence-corrected chi connectivity index (χ3v) is 7.90. The number of carboxylic acid groups (broad SMARTS) is 1. The van der Waals surface area contributed by atoms with Gasteiger partial charge in [-0.2, -0.15) is 0 Å². The van der Waals surface area contributed by atoms with Crippen LogP contribution in [0.15, 0.2) is 0 Å². The molecule has 18 nitrogen and oxygen atoms in total. The zero-order valence-corrected chi connectivity index (χ0v) is 30.0. The maximum Gasteiger partial charge on any atom is 0.325 e. The van der Waals surface area contributed by atoms with E-state index in [-0.39, 0.29) is 24.2 Å². The molecule has 7 amide bonds. The topological polar surface area (TPSA) is 278 Å². The third kappa shape index (κ3) is 14.7. The summed E-state index contributed by atoms with van der Waals surface area (Å²) in [6.07, 6.45) is 1.53. The number of aliphatic hydroxyl groups excluding tert-OH is 1. The molecule has 1 aliphatic rings. The number of amides is 7. The van der Waals surface area contributed by atoms with Crippen LogP contribution in [0.5, 0.6) is 0 Å². The first-order chi connectivity index (χ1) is 23.3. The number of carbonyl (C=O) groups excluding carboxylic acids is 7. The minimum Gasteiger partial charge on any atom is -0.480 e. The quantitative estimate of drug-likeness (QED) is 0.0627. The zero-order chi connectivity index (χ0) is 38.3. The average molecular weight is 713 g/mol. The van der Waals surface area contributed by atoms with E-state index < -0.39 is 103 Å². The molecule has 0 spiro atoms. The van der Waals surface area contributed by atoms with Gasteiger partial charge in [-0.15, -0.1) is 0 Å². The lowest BCUT2D eigenvalue weighted by Crippen LogP contribution is -2.58. The van der Waals surface area contributed by atoms with Crippen molar-refractivity contribution < 1.29 is 48.6 Å². The van der Waals surface area contributed by atoms with E-state index in [2.05, 4.69) is 31.9 Å². The number of nitrogens with one attached hydrogen (secondary N) is 6. The van der Waals surface area contributed by atoms with Crippen LogP contribution in [-0.2, 0) is 38.4 Å². The minimum atomic E-state index is -1.42. The summed E-state index contributed by atoms with van der Waals surface area (Å²) in [5.74, 6) is -6.37. The number of hydrogen-bond acceptors (Lipinski definition) is 10. The van der Waals surface area contributed by atoms with Gasteiger partial charge in [0.25, 0.3) is 0 Å². The lowest BCUT2D eigenvalue weighted by molar-refractivity contribution is -0.141. The highest BCUT2D eigenvalue weighted by molar-refractivity contribution is 5.96. The highest BCUT2D eigenvalue weighted by Gasteiger charge is 2.38. The summed E-state index contributed by atoms with van der Waals surface area (Å²) in [5, 5.41) is 33.2. The molecule has 1 fully saturated rings. The summed E-state index contributed by atoms with van der Waals surface area (Å²) < 4.78 is 0. The van der Waals surface area contributed by atoms with Gasteiger partial charge in [0.05, 0.1) is 25.7 Å². The smallest absolute Gasteiger partial charge is 0.325 e. The van der Waals surface area contributed by atoms with Crippen molar-refractivity contribution in [1.29, 1.82) is 0 Å². The largest absolute Gasteiger partial charge is 0.480 e. The summed E-state index contributed by atoms with van der Waals surface area (Å²) in [7, 11) is 0. The first-order valence-corrected chi connectivity index (χ1v) is 16.9. The molecule has 0 saturated carbocycles. The van der Waals surface area contributed by atoms with Gasteiger partial charge in [0, 0.05) is 6.54 Å². The normalized spacial score (nSPS) is 17.3. The van der Waals surface area contributed by atoms with Crippen molar-refractivity contribution in [2.45, 2.75) is 110 Å². The molecule has 284 valence electrons. The van der Waals surface area contributed by atoms with Crippen LogP contribution < -0.4 is 37.6 Å². The summed E-state index contributed by atoms with van der Waals surface area (Å²) in [4.78, 5) is 102. The zero-order valence-electron chi connectivity index (χ0n) is 30.0. The molecule has 1 heterocycles. The molecule has 10 N–H and O–H groups in total. The molecule has 1 rings (SSSR count). The van der Waals surface area contributed by atoms with Crippen LogP contribution in [0.1, 0.15) is 74.1 Å². The summed E-state index contributed by atoms with van der Waals surface area (Å²) in [6.45, 7) is 10.5. The van der Waals surface area contributed by atoms with Crippen molar-refractivity contribution in [3.8, 4) is 0 Å². The maximum atomic E-state index is 13.2. The Hall–Kier alpha value is -4.32. The summed E-state index contributed by atoms with van der Waals surface area (Å²) >= 11 is 0. The third-order valence-electron chi connectivity index (χ3n) is 7.90. The SMILES string of the molecule is CC(C)C[C@H](NC(=O)CNC(=O)[C@H](CO)NC(=O)[C@@H]1CCCN1C(=O)[C@@H](N)CC(C)C)C(=O)N[C@H](C(=O)NCC(=O)N[C@@H](C)C(=O)O)C(C)C. The van der Waals surface area contributed by atoms with Crippen LogP contribution in [-0.4, -0.2) is 125 Å². The van der Waals surface area contributed by atoms with Crippen LogP contribution >= 0.6 is 0 Å². The predicted molar refractivity (Wildman–Crippen MR) is 181 cm³/mol. The maximum absolute atomic E-state index is 13.2. The Labute approximate surface area is 292 Å². The molecule has 0 radical (unpaired) electrons. The summed E-state index contributed by atoms with van der Waals surface area (Å²) in [6, 6.07) is -6.46. The van der Waals surface area contributed by atoms with Crippen LogP contribution in [0.25, 0.3) is 0 Å². The number of nitrogens with zero attached hydrogens (tertiary/aromatic N) is 1. The fourth-order valence-corrected chi connectivity index (χ4v) is 5.25. The number of nitrogens with two attached hydrogens (primary N) is 1. The number of carbonyl (C=O) groups is 8. The molecule has 1 aliphatic heterocycles. The minimum absolute atomic E-state index is 0.0807. The number of aliphatic hydroxyl groups is 1. The Kier molecular flexibility index (Phi) is 18.4. The lowest BCUT2D eigenvalue weighted by atomic mass is 10.00. The van der Waals surface area contributed by atoms with Crippen molar-refractivity contribution in [1.82, 2.24) is 36.8 Å². The second-order valence-electron chi connectivity index (χ2n) is 13.7. The van der Waals surface area contributed by atoms with Crippen molar-refractivity contribution >= 4 is 47.3 Å². The second-order valence-corrected chi connectivity index (χ2v) is 13.7. The number of carboxylic acids is 1. The van der Waals surface area contributed by atoms with Gasteiger partial charge in [-0.05, 0) is 50.4 Å². The summed E-state index contributed by atoms with van der Waals surface area (Å²) in [5.41, 5.74) is 6.04. The molecular formula is C32H56N8O10. The molecular weight excluding hydrogens is 656 g/mol. The van der Waals surface area contributed by atoms with Gasteiger partial charge >= 0.3 is 5.97 Å². The van der Waals surface area contributed by atoms with Crippen LogP contribution in [0.3, 0.4) is 0 Å². The van der Waals surface area contributed by atoms with E-state index in [4.69, 9.17) is 10.8 Å². The lowest BCUT2D eigenvalue weighted by Gasteiger charge is -2.28. The molecule has 50 heavy (non-hydrogen) atoms. The van der Waals surface area contributed by atoms with Gasteiger partial charge in [0.15, 0.2) is 0 Å². The molecule has 0 bridgehead atoms. The van der Waals surface area contributed by atoms with E-state index in [1.54, 1.807) is 13.8 Å². The Morgan fingerprint density at radius 3 is 1.82 bits per heavy atom. The van der Waals surface area contributed by atoms with Crippen LogP contribution in [0.2, 0.25) is 0 Å². The van der Waals surface area contributed by atoms with E-state index in [9.17, 15) is 43.5 Å². The van der Waals surface area contributed by atoms with Crippen molar-refractivity contribution in [3.63, 3.8) is 0 Å². The van der Waals surface area contributed by atoms with Crippen molar-refractivity contribution in [2.75, 3.05) is 26.2 Å². The molecule has 0 aromatic carbocycles. The number of hydrogen-bond donors (Lipinski definition) is 9. The van der Waals surface area contributed by atoms with Crippen molar-refractivity contribution in [2.24, 2.45) is 23.5 Å². The second kappa shape index (κ2) is 21.0. The fraction of sp³-hybridized carbons (Fsp3) is 0.750. The Morgan fingerprint density at radius 1 is 0.740 bits per heavy atom. The van der Waals surface area contributed by atoms with Crippen LogP contribution in [0.4, 0.5) is 0 Å². The van der Waals surface area contributed by atoms with E-state index in [1.807, 2.05) is 27.7 Å². The molecule has 0 aromatic rings. The Morgan fingerprint density at radius 2 is 1.30 bits per heavy atom. The van der Waals surface area contributed by atoms with Gasteiger partial charge in [0.1, 0.15) is 30.2 Å². The van der Waals surface area contributed by atoms with Crippen LogP contribution in [0, 0.1) is 17.8 Å². The Bertz CT molecular complexity index is 1230. The van der Waals surface area contributed by atoms with Gasteiger partial charge in [-0.3, -0.25) is 38.4 Å². The first kappa shape index (κ1) is 43.7. The van der Waals surface area contributed by atoms with E-state index in [0.29, 0.717) is 25.8 Å². The molecule has 18 heteroatoms. The highest BCUT2D eigenvalue weighted by Crippen LogP contribution is 2.20. The molecule has 6 atom stereocenters. The van der Waals surface area contributed by atoms with E-state index in [1.165, 1.54) is 11.8 Å². The van der Waals surface area contributed by atoms with E-state index >= 15 is 0 Å². The molecule has 0 aromatic heterocycles. The molecule has 1 saturated heterocycles. The van der Waals surface area contributed by atoms with Gasteiger partial charge < -0.3 is 52.7 Å². The highest BCUT2D eigenvalue weighted by atomic mass is 16.4. The van der Waals surface area contributed by atoms with Gasteiger partial charge in [-0.1, -0.05) is 41.5 Å². The number of likely N-dealkylation sites (tertiary alicyclic amines) is 1. The molecule has 0 unspecified atom stereocenters. The van der Waals surface area contributed by atoms with Gasteiger partial charge in [-0.25, -0.2) is 0 Å². The standard InChI is InChI=1S/C32H56N8O10/c1-16(2)11-20(33)31(48)40-10-8-9-23(40)29(46)38-22(15-41)27(44)34-14-25(43)37-21(12-17(3)4)28(45)39-26(18(5)6)30(47)35-13-24(42)36-19(7)32(49)50/h16-23,26,41H,8-15,33H2,1-7H3,(H,34,44)(H,35,47)(H,36,42)(H,37,43)(H,38,46)(H,39,45)(H,49,50)/t19-,20-,21-,22-,23-,26-/m0/s1. The van der Waals surface area contributed by atoms with Crippen molar-refractivity contribution in [3.05, 3.63) is 0 Å². The molecule has 0 aliphatic carbocycles. The average Bonchev–Trinajstić information content (AvgIpc) is 3.52. The monoisotopic (exact) mass is 712 g/mol. The number of aliphatic carboxylic acids is 1. The van der Waals surface area contributed by atoms with Gasteiger partial charge in [0.2, 0.25) is 41.4 Å². The Balaban J connectivity index is 2.80. The number of rotatable bonds is 20. The first-order valence-electron chi connectivity index (χ1n) is 16.9. The fourth-order valence-electron chi connectivity index (χ4n) is 5.25. The predicted octanol–water partition coefficient (Wildman–Crippen LogP) is -2.68.